The number of rotatable bonds is 8. The van der Waals surface area contributed by atoms with Crippen LogP contribution in [0.1, 0.15) is 39.7 Å². The smallest absolute Gasteiger partial charge is 0.315 e. The minimum Gasteiger partial charge on any atom is -0.549 e. The summed E-state index contributed by atoms with van der Waals surface area (Å²) >= 11 is 0. The van der Waals surface area contributed by atoms with E-state index in [-0.39, 0.29) is 0 Å². The van der Waals surface area contributed by atoms with Crippen LogP contribution in [-0.4, -0.2) is 23.6 Å². The standard InChI is InChI=1S/2C14H12O2.C8H11N/c2*15-14(16)13(11-7-3-1-4-8-11)12-9-5-2-6-10-12;9-7-6-8-4-2-1-3-5-8/h2*1-10,13H,(H,15,16);1-5H,6-7,9H2. The first-order valence-corrected chi connectivity index (χ1v) is 13.5. The zero-order valence-electron chi connectivity index (χ0n) is 22.9. The lowest BCUT2D eigenvalue weighted by atomic mass is 9.92. The molecule has 5 rings (SSSR count). The normalized spacial score (nSPS) is 10.1. The lowest BCUT2D eigenvalue weighted by Gasteiger charge is -2.18. The average molecular weight is 546 g/mol. The topological polar surface area (TPSA) is 105 Å². The van der Waals surface area contributed by atoms with E-state index >= 15 is 0 Å². The summed E-state index contributed by atoms with van der Waals surface area (Å²) in [5.41, 5.74) is 8.26. The number of hydrogen-bond donors (Lipinski definition) is 2. The Labute approximate surface area is 241 Å². The maximum atomic E-state index is 11.3. The molecule has 0 aliphatic rings. The Balaban J connectivity index is 0.000000176. The van der Waals surface area contributed by atoms with Crippen LogP contribution in [0.4, 0.5) is 0 Å². The molecule has 5 aromatic carbocycles. The molecule has 5 aromatic rings. The third-order valence-corrected chi connectivity index (χ3v) is 6.32. The summed E-state index contributed by atoms with van der Waals surface area (Å²) in [7, 11) is 0. The largest absolute Gasteiger partial charge is 0.549 e. The molecule has 0 spiro atoms. The van der Waals surface area contributed by atoms with Crippen LogP contribution >= 0.6 is 0 Å². The number of carbonyl (C=O) groups is 2. The molecule has 0 aromatic heterocycles. The Morgan fingerprint density at radius 1 is 0.537 bits per heavy atom. The van der Waals surface area contributed by atoms with E-state index in [0.29, 0.717) is 0 Å². The highest BCUT2D eigenvalue weighted by molar-refractivity contribution is 5.80. The van der Waals surface area contributed by atoms with E-state index in [9.17, 15) is 19.8 Å². The van der Waals surface area contributed by atoms with Gasteiger partial charge < -0.3 is 20.7 Å². The summed E-state index contributed by atoms with van der Waals surface area (Å²) in [6.45, 7) is 0.990. The van der Waals surface area contributed by atoms with E-state index in [2.05, 4.69) is 30.0 Å². The van der Waals surface area contributed by atoms with Crippen LogP contribution in [0.2, 0.25) is 0 Å². The van der Waals surface area contributed by atoms with Crippen molar-refractivity contribution in [2.45, 2.75) is 18.3 Å². The van der Waals surface area contributed by atoms with Crippen molar-refractivity contribution in [1.82, 2.24) is 0 Å². The second kappa shape index (κ2) is 16.9. The predicted octanol–water partition coefficient (Wildman–Crippen LogP) is 4.94. The SMILES string of the molecule is O=C(O)C(c1ccccc1)c1ccccc1.O=C([O-])C(c1ccccc1)c1ccccc1.[NH3+]CCc1ccccc1. The highest BCUT2D eigenvalue weighted by Gasteiger charge is 2.21. The molecule has 0 saturated carbocycles. The van der Waals surface area contributed by atoms with E-state index in [1.807, 2.05) is 103 Å². The number of carboxylic acid groups (broad SMARTS) is 2. The Morgan fingerprint density at radius 2 is 0.829 bits per heavy atom. The van der Waals surface area contributed by atoms with Gasteiger partial charge in [0.25, 0.3) is 0 Å². The summed E-state index contributed by atoms with van der Waals surface area (Å²) in [4.78, 5) is 22.5. The van der Waals surface area contributed by atoms with Gasteiger partial charge in [-0.25, -0.2) is 0 Å². The van der Waals surface area contributed by atoms with Gasteiger partial charge in [0.05, 0.1) is 12.5 Å². The predicted molar refractivity (Wildman–Crippen MR) is 160 cm³/mol. The molecule has 0 atom stereocenters. The summed E-state index contributed by atoms with van der Waals surface area (Å²) in [6.07, 6.45) is 1.10. The maximum absolute atomic E-state index is 11.3. The second-order valence-electron chi connectivity index (χ2n) is 9.26. The Kier molecular flexibility index (Phi) is 12.6. The van der Waals surface area contributed by atoms with Crippen molar-refractivity contribution in [3.05, 3.63) is 179 Å². The number of quaternary nitrogens is 1. The highest BCUT2D eigenvalue weighted by atomic mass is 16.4. The van der Waals surface area contributed by atoms with Gasteiger partial charge in [0.1, 0.15) is 5.92 Å². The zero-order chi connectivity index (χ0) is 29.3. The molecule has 4 N–H and O–H groups in total. The third-order valence-electron chi connectivity index (χ3n) is 6.32. The van der Waals surface area contributed by atoms with E-state index < -0.39 is 23.8 Å². The summed E-state index contributed by atoms with van der Waals surface area (Å²) < 4.78 is 0. The monoisotopic (exact) mass is 545 g/mol. The molecule has 0 aliphatic heterocycles. The van der Waals surface area contributed by atoms with Gasteiger partial charge in [0.15, 0.2) is 0 Å². The molecule has 5 nitrogen and oxygen atoms in total. The minimum absolute atomic E-state index is 0.581. The molecule has 0 bridgehead atoms. The molecule has 208 valence electrons. The maximum Gasteiger partial charge on any atom is 0.315 e. The molecule has 41 heavy (non-hydrogen) atoms. The van der Waals surface area contributed by atoms with Crippen molar-refractivity contribution in [2.75, 3.05) is 6.54 Å². The van der Waals surface area contributed by atoms with Crippen molar-refractivity contribution >= 4 is 11.9 Å². The molecule has 0 unspecified atom stereocenters. The van der Waals surface area contributed by atoms with Gasteiger partial charge >= 0.3 is 5.97 Å². The quantitative estimate of drug-likeness (QED) is 0.288. The van der Waals surface area contributed by atoms with Crippen LogP contribution in [-0.2, 0) is 16.0 Å². The van der Waals surface area contributed by atoms with Crippen LogP contribution < -0.4 is 10.8 Å². The van der Waals surface area contributed by atoms with Crippen LogP contribution in [0.3, 0.4) is 0 Å². The highest BCUT2D eigenvalue weighted by Crippen LogP contribution is 2.25. The van der Waals surface area contributed by atoms with E-state index in [4.69, 9.17) is 0 Å². The molecule has 0 heterocycles. The molecule has 0 radical (unpaired) electrons. The van der Waals surface area contributed by atoms with Crippen molar-refractivity contribution in [3.63, 3.8) is 0 Å². The number of aliphatic carboxylic acids is 2. The van der Waals surface area contributed by atoms with E-state index in [0.717, 1.165) is 35.2 Å². The molecule has 0 saturated heterocycles. The van der Waals surface area contributed by atoms with Gasteiger partial charge in [-0.15, -0.1) is 0 Å². The molecule has 0 fully saturated rings. The third kappa shape index (κ3) is 9.92. The summed E-state index contributed by atoms with van der Waals surface area (Å²) in [5, 5.41) is 20.5. The first-order chi connectivity index (χ1) is 20.0. The van der Waals surface area contributed by atoms with Crippen molar-refractivity contribution in [1.29, 1.82) is 0 Å². The lowest BCUT2D eigenvalue weighted by Crippen LogP contribution is -2.51. The molecule has 0 amide bonds. The Bertz CT molecular complexity index is 1260. The lowest BCUT2D eigenvalue weighted by molar-refractivity contribution is -0.366. The van der Waals surface area contributed by atoms with Gasteiger partial charge in [-0.05, 0) is 27.8 Å². The van der Waals surface area contributed by atoms with Gasteiger partial charge in [-0.1, -0.05) is 152 Å². The van der Waals surface area contributed by atoms with Gasteiger partial charge in [0, 0.05) is 12.3 Å². The first-order valence-electron chi connectivity index (χ1n) is 13.5. The molecule has 5 heteroatoms. The number of carboxylic acids is 2. The molecular formula is C36H35NO4. The molecule has 0 aliphatic carbocycles. The fraction of sp³-hybridized carbons (Fsp3) is 0.111. The van der Waals surface area contributed by atoms with E-state index in [1.165, 1.54) is 5.56 Å². The zero-order valence-corrected chi connectivity index (χ0v) is 22.9. The number of benzene rings is 5. The molecular weight excluding hydrogens is 510 g/mol. The van der Waals surface area contributed by atoms with Crippen LogP contribution in [0, 0.1) is 0 Å². The van der Waals surface area contributed by atoms with Crippen molar-refractivity contribution in [2.24, 2.45) is 0 Å². The van der Waals surface area contributed by atoms with Crippen molar-refractivity contribution < 1.29 is 25.5 Å². The Hall–Kier alpha value is -5.00. The minimum atomic E-state index is -1.07. The fourth-order valence-electron chi connectivity index (χ4n) is 4.37. The number of carbonyl (C=O) groups excluding carboxylic acids is 1. The van der Waals surface area contributed by atoms with Gasteiger partial charge in [0.2, 0.25) is 0 Å². The fourth-order valence-corrected chi connectivity index (χ4v) is 4.37. The second-order valence-corrected chi connectivity index (χ2v) is 9.26. The van der Waals surface area contributed by atoms with Crippen LogP contribution in [0.15, 0.2) is 152 Å². The number of hydrogen-bond acceptors (Lipinski definition) is 3. The average Bonchev–Trinajstić information content (AvgIpc) is 3.01. The Morgan fingerprint density at radius 3 is 1.10 bits per heavy atom. The van der Waals surface area contributed by atoms with Crippen LogP contribution in [0.25, 0.3) is 0 Å². The van der Waals surface area contributed by atoms with E-state index in [1.54, 1.807) is 24.3 Å². The first kappa shape index (κ1) is 30.5. The summed E-state index contributed by atoms with van der Waals surface area (Å²) in [5.74, 6) is -3.17. The van der Waals surface area contributed by atoms with Gasteiger partial charge in [-0.2, -0.15) is 0 Å². The van der Waals surface area contributed by atoms with Gasteiger partial charge in [-0.3, -0.25) is 4.79 Å². The van der Waals surface area contributed by atoms with Crippen LogP contribution in [0.5, 0.6) is 0 Å². The summed E-state index contributed by atoms with van der Waals surface area (Å²) in [6, 6.07) is 47.2. The van der Waals surface area contributed by atoms with Crippen molar-refractivity contribution in [3.8, 4) is 0 Å².